The Morgan fingerprint density at radius 3 is 2.96 bits per heavy atom. The number of rotatable bonds is 2. The Labute approximate surface area is 137 Å². The number of methoxy groups -OCH3 is 1. The van der Waals surface area contributed by atoms with Crippen LogP contribution in [0.5, 0.6) is 0 Å². The lowest BCUT2D eigenvalue weighted by Gasteiger charge is -2.38. The minimum atomic E-state index is -0.717. The van der Waals surface area contributed by atoms with Crippen LogP contribution in [0.15, 0.2) is 40.5 Å². The quantitative estimate of drug-likeness (QED) is 0.780. The molecule has 5 nitrogen and oxygen atoms in total. The Balaban J connectivity index is 2.19. The van der Waals surface area contributed by atoms with E-state index in [-0.39, 0.29) is 11.5 Å². The van der Waals surface area contributed by atoms with Gasteiger partial charge in [-0.15, -0.1) is 0 Å². The molecule has 0 bridgehead atoms. The predicted octanol–water partition coefficient (Wildman–Crippen LogP) is 2.65. The molecule has 2 aliphatic heterocycles. The van der Waals surface area contributed by atoms with E-state index in [2.05, 4.69) is 4.99 Å². The van der Waals surface area contributed by atoms with E-state index in [1.807, 2.05) is 0 Å². The largest absolute Gasteiger partial charge is 0.466 e. The fourth-order valence-corrected chi connectivity index (χ4v) is 3.77. The number of ether oxygens (including phenoxy) is 1. The third kappa shape index (κ3) is 2.76. The van der Waals surface area contributed by atoms with Crippen molar-refractivity contribution >= 4 is 28.8 Å². The summed E-state index contributed by atoms with van der Waals surface area (Å²) in [5, 5.41) is 0.542. The first kappa shape index (κ1) is 15.7. The maximum atomic E-state index is 13.7. The summed E-state index contributed by atoms with van der Waals surface area (Å²) < 4.78 is 18.5. The SMILES string of the molecule is COC(=O)C1=C(C)N=C2SCCC(=O)N2[C@@H]1c1cccc(F)c1. The maximum absolute atomic E-state index is 13.7. The Hall–Kier alpha value is -2.15. The number of thioether (sulfide) groups is 1. The minimum absolute atomic E-state index is 0.134. The van der Waals surface area contributed by atoms with Crippen molar-refractivity contribution in [1.82, 2.24) is 4.90 Å². The van der Waals surface area contributed by atoms with Gasteiger partial charge in [-0.05, 0) is 24.6 Å². The molecule has 0 aromatic heterocycles. The summed E-state index contributed by atoms with van der Waals surface area (Å²) in [6.07, 6.45) is 0.350. The van der Waals surface area contributed by atoms with Crippen molar-refractivity contribution in [2.24, 2.45) is 4.99 Å². The zero-order valence-electron chi connectivity index (χ0n) is 12.7. The van der Waals surface area contributed by atoms with Crippen LogP contribution in [-0.4, -0.2) is 34.8 Å². The van der Waals surface area contributed by atoms with Crippen molar-refractivity contribution in [1.29, 1.82) is 0 Å². The number of hydrogen-bond acceptors (Lipinski definition) is 5. The Kier molecular flexibility index (Phi) is 4.21. The number of hydrogen-bond donors (Lipinski definition) is 0. The molecule has 7 heteroatoms. The van der Waals surface area contributed by atoms with Gasteiger partial charge in [-0.25, -0.2) is 14.2 Å². The van der Waals surface area contributed by atoms with Crippen molar-refractivity contribution in [3.05, 3.63) is 46.9 Å². The minimum Gasteiger partial charge on any atom is -0.466 e. The Bertz CT molecular complexity index is 745. The van der Waals surface area contributed by atoms with Crippen LogP contribution in [0.25, 0.3) is 0 Å². The van der Waals surface area contributed by atoms with Gasteiger partial charge in [0.2, 0.25) is 5.91 Å². The van der Waals surface area contributed by atoms with Gasteiger partial charge < -0.3 is 4.74 Å². The molecule has 0 N–H and O–H groups in total. The van der Waals surface area contributed by atoms with Crippen molar-refractivity contribution in [2.75, 3.05) is 12.9 Å². The van der Waals surface area contributed by atoms with E-state index in [1.54, 1.807) is 19.1 Å². The number of halogens is 1. The number of amidine groups is 1. The van der Waals surface area contributed by atoms with Crippen LogP contribution in [0, 0.1) is 5.82 Å². The van der Waals surface area contributed by atoms with Gasteiger partial charge in [0.05, 0.1) is 24.4 Å². The first-order valence-electron chi connectivity index (χ1n) is 7.11. The molecule has 120 valence electrons. The molecule has 1 aromatic rings. The summed E-state index contributed by atoms with van der Waals surface area (Å²) in [7, 11) is 1.28. The van der Waals surface area contributed by atoms with Gasteiger partial charge in [-0.1, -0.05) is 23.9 Å². The van der Waals surface area contributed by atoms with Gasteiger partial charge in [-0.3, -0.25) is 9.69 Å². The van der Waals surface area contributed by atoms with Crippen LogP contribution in [0.1, 0.15) is 24.9 Å². The first-order chi connectivity index (χ1) is 11.0. The molecule has 1 saturated heterocycles. The molecule has 0 unspecified atom stereocenters. The molecule has 1 aromatic carbocycles. The van der Waals surface area contributed by atoms with Crippen LogP contribution in [0.3, 0.4) is 0 Å². The van der Waals surface area contributed by atoms with E-state index in [0.717, 1.165) is 0 Å². The van der Waals surface area contributed by atoms with Crippen molar-refractivity contribution in [2.45, 2.75) is 19.4 Å². The second-order valence-corrected chi connectivity index (χ2v) is 6.27. The topological polar surface area (TPSA) is 59.0 Å². The summed E-state index contributed by atoms with van der Waals surface area (Å²) in [6.45, 7) is 1.70. The summed E-state index contributed by atoms with van der Waals surface area (Å²) >= 11 is 1.45. The van der Waals surface area contributed by atoms with Gasteiger partial charge in [0.1, 0.15) is 5.82 Å². The molecule has 0 radical (unpaired) electrons. The predicted molar refractivity (Wildman–Crippen MR) is 85.2 cm³/mol. The van der Waals surface area contributed by atoms with Crippen LogP contribution >= 0.6 is 11.8 Å². The van der Waals surface area contributed by atoms with E-state index in [9.17, 15) is 14.0 Å². The molecule has 1 amide bonds. The highest BCUT2D eigenvalue weighted by molar-refractivity contribution is 8.14. The van der Waals surface area contributed by atoms with Crippen molar-refractivity contribution in [3.8, 4) is 0 Å². The number of nitrogens with zero attached hydrogens (tertiary/aromatic N) is 2. The highest BCUT2D eigenvalue weighted by Crippen LogP contribution is 2.40. The van der Waals surface area contributed by atoms with E-state index in [4.69, 9.17) is 4.74 Å². The molecule has 2 heterocycles. The fourth-order valence-electron chi connectivity index (χ4n) is 2.76. The number of amides is 1. The maximum Gasteiger partial charge on any atom is 0.338 e. The second-order valence-electron chi connectivity index (χ2n) is 5.20. The lowest BCUT2D eigenvalue weighted by atomic mass is 9.94. The van der Waals surface area contributed by atoms with Gasteiger partial charge in [0, 0.05) is 12.2 Å². The lowest BCUT2D eigenvalue weighted by Crippen LogP contribution is -2.45. The van der Waals surface area contributed by atoms with Crippen LogP contribution in [-0.2, 0) is 14.3 Å². The van der Waals surface area contributed by atoms with E-state index in [1.165, 1.54) is 35.9 Å². The van der Waals surface area contributed by atoms with Gasteiger partial charge in [0.15, 0.2) is 5.17 Å². The number of aliphatic imine (C=N–C) groups is 1. The smallest absolute Gasteiger partial charge is 0.338 e. The third-order valence-corrected chi connectivity index (χ3v) is 4.73. The monoisotopic (exact) mass is 334 g/mol. The van der Waals surface area contributed by atoms with Crippen molar-refractivity contribution in [3.63, 3.8) is 0 Å². The number of allylic oxidation sites excluding steroid dienone is 1. The molecule has 0 saturated carbocycles. The average molecular weight is 334 g/mol. The normalized spacial score (nSPS) is 21.0. The summed E-state index contributed by atoms with van der Waals surface area (Å²) in [6, 6.07) is 5.19. The second kappa shape index (κ2) is 6.16. The number of fused-ring (bicyclic) bond motifs is 1. The molecular formula is C16H15FN2O3S. The van der Waals surface area contributed by atoms with Crippen LogP contribution in [0.4, 0.5) is 4.39 Å². The Morgan fingerprint density at radius 2 is 2.26 bits per heavy atom. The highest BCUT2D eigenvalue weighted by Gasteiger charge is 2.41. The summed E-state index contributed by atoms with van der Waals surface area (Å²) in [5.41, 5.74) is 1.27. The zero-order chi connectivity index (χ0) is 16.6. The Morgan fingerprint density at radius 1 is 1.48 bits per heavy atom. The first-order valence-corrected chi connectivity index (χ1v) is 8.09. The summed E-state index contributed by atoms with van der Waals surface area (Å²) in [5.74, 6) is -0.482. The van der Waals surface area contributed by atoms with Gasteiger partial charge >= 0.3 is 5.97 Å². The molecule has 0 spiro atoms. The molecule has 0 aliphatic carbocycles. The number of esters is 1. The molecule has 3 rings (SSSR count). The fraction of sp³-hybridized carbons (Fsp3) is 0.312. The molecule has 2 aliphatic rings. The lowest BCUT2D eigenvalue weighted by molar-refractivity contribution is -0.137. The van der Waals surface area contributed by atoms with Crippen LogP contribution < -0.4 is 0 Å². The molecule has 1 atom stereocenters. The van der Waals surface area contributed by atoms with E-state index < -0.39 is 17.8 Å². The van der Waals surface area contributed by atoms with E-state index >= 15 is 0 Å². The van der Waals surface area contributed by atoms with E-state index in [0.29, 0.717) is 28.6 Å². The summed E-state index contributed by atoms with van der Waals surface area (Å²) in [4.78, 5) is 30.5. The standard InChI is InChI=1S/C16H15FN2O3S/c1-9-13(15(21)22-2)14(10-4-3-5-11(17)8-10)19-12(20)6-7-23-16(19)18-9/h3-5,8,14H,6-7H2,1-2H3/t14-/m1/s1. The zero-order valence-corrected chi connectivity index (χ0v) is 13.5. The highest BCUT2D eigenvalue weighted by atomic mass is 32.2. The number of carbonyl (C=O) groups excluding carboxylic acids is 2. The molecular weight excluding hydrogens is 319 g/mol. The van der Waals surface area contributed by atoms with Gasteiger partial charge in [0.25, 0.3) is 0 Å². The number of carbonyl (C=O) groups is 2. The third-order valence-electron chi connectivity index (χ3n) is 3.78. The molecule has 1 fully saturated rings. The molecule has 23 heavy (non-hydrogen) atoms. The average Bonchev–Trinajstić information content (AvgIpc) is 2.53. The number of benzene rings is 1. The van der Waals surface area contributed by atoms with Crippen molar-refractivity contribution < 1.29 is 18.7 Å². The van der Waals surface area contributed by atoms with Gasteiger partial charge in [-0.2, -0.15) is 0 Å². The van der Waals surface area contributed by atoms with Crippen LogP contribution in [0.2, 0.25) is 0 Å².